The molecule has 1 aromatic heterocycles. The lowest BCUT2D eigenvalue weighted by atomic mass is 10.2. The Hall–Kier alpha value is -1.73. The molecular weight excluding hydrogens is 380 g/mol. The van der Waals surface area contributed by atoms with E-state index in [0.29, 0.717) is 23.4 Å². The lowest BCUT2D eigenvalue weighted by molar-refractivity contribution is -0.142. The van der Waals surface area contributed by atoms with Crippen LogP contribution in [0.4, 0.5) is 0 Å². The van der Waals surface area contributed by atoms with Gasteiger partial charge in [0.25, 0.3) is 5.56 Å². The molecule has 2 aromatic rings. The third kappa shape index (κ3) is 4.24. The van der Waals surface area contributed by atoms with Gasteiger partial charge in [0.05, 0.1) is 22.9 Å². The van der Waals surface area contributed by atoms with E-state index in [9.17, 15) is 9.59 Å². The SMILES string of the molecule is CCOC(=O)C(CC)Sc1nc2c(c(=O)n1-c1ccc(C)cc1)SC(C)C2. The Morgan fingerprint density at radius 2 is 2.07 bits per heavy atom. The molecule has 0 bridgehead atoms. The Bertz CT molecular complexity index is 893. The highest BCUT2D eigenvalue weighted by molar-refractivity contribution is 8.00. The predicted octanol–water partition coefficient (Wildman–Crippen LogP) is 4.01. The Morgan fingerprint density at radius 3 is 2.70 bits per heavy atom. The highest BCUT2D eigenvalue weighted by Crippen LogP contribution is 2.36. The van der Waals surface area contributed by atoms with Crippen LogP contribution in [0.3, 0.4) is 0 Å². The molecule has 27 heavy (non-hydrogen) atoms. The standard InChI is InChI=1S/C20H24N2O3S2/c1-5-16(19(24)25-6-2)27-20-21-15-11-13(4)26-17(15)18(23)22(20)14-9-7-12(3)8-10-14/h7-10,13,16H,5-6,11H2,1-4H3. The summed E-state index contributed by atoms with van der Waals surface area (Å²) < 4.78 is 6.82. The number of aryl methyl sites for hydroxylation is 1. The van der Waals surface area contributed by atoms with Crippen LogP contribution in [-0.2, 0) is 16.0 Å². The lowest BCUT2D eigenvalue weighted by Gasteiger charge is -2.17. The van der Waals surface area contributed by atoms with Gasteiger partial charge in [-0.1, -0.05) is 43.3 Å². The fourth-order valence-corrected chi connectivity index (χ4v) is 5.10. The van der Waals surface area contributed by atoms with Crippen LogP contribution in [0.25, 0.3) is 5.69 Å². The molecule has 3 rings (SSSR count). The summed E-state index contributed by atoms with van der Waals surface area (Å²) in [6.07, 6.45) is 1.38. The van der Waals surface area contributed by atoms with Gasteiger partial charge in [-0.2, -0.15) is 0 Å². The second kappa shape index (κ2) is 8.52. The summed E-state index contributed by atoms with van der Waals surface area (Å²) in [5.74, 6) is -0.266. The van der Waals surface area contributed by atoms with Gasteiger partial charge in [-0.25, -0.2) is 4.98 Å². The van der Waals surface area contributed by atoms with Crippen molar-refractivity contribution in [3.8, 4) is 5.69 Å². The molecule has 0 radical (unpaired) electrons. The van der Waals surface area contributed by atoms with E-state index in [2.05, 4.69) is 6.92 Å². The molecule has 0 fully saturated rings. The predicted molar refractivity (Wildman–Crippen MR) is 110 cm³/mol. The highest BCUT2D eigenvalue weighted by atomic mass is 32.2. The van der Waals surface area contributed by atoms with Crippen LogP contribution in [0.15, 0.2) is 39.1 Å². The molecule has 1 aliphatic rings. The molecule has 2 atom stereocenters. The van der Waals surface area contributed by atoms with E-state index in [-0.39, 0.29) is 11.5 Å². The van der Waals surface area contributed by atoms with Crippen LogP contribution in [0, 0.1) is 6.92 Å². The van der Waals surface area contributed by atoms with Crippen molar-refractivity contribution in [2.45, 2.75) is 61.1 Å². The molecule has 1 aliphatic heterocycles. The van der Waals surface area contributed by atoms with E-state index in [1.807, 2.05) is 38.1 Å². The maximum atomic E-state index is 13.3. The van der Waals surface area contributed by atoms with Crippen molar-refractivity contribution in [1.29, 1.82) is 0 Å². The van der Waals surface area contributed by atoms with E-state index < -0.39 is 5.25 Å². The van der Waals surface area contributed by atoms with Gasteiger partial charge in [0.1, 0.15) is 5.25 Å². The van der Waals surface area contributed by atoms with Crippen LogP contribution >= 0.6 is 23.5 Å². The molecule has 0 aliphatic carbocycles. The number of hydrogen-bond donors (Lipinski definition) is 0. The fraction of sp³-hybridized carbons (Fsp3) is 0.450. The van der Waals surface area contributed by atoms with Crippen molar-refractivity contribution in [2.75, 3.05) is 6.61 Å². The molecule has 5 nitrogen and oxygen atoms in total. The molecule has 1 aromatic carbocycles. The third-order valence-corrected chi connectivity index (χ3v) is 6.85. The zero-order valence-corrected chi connectivity index (χ0v) is 17.7. The maximum absolute atomic E-state index is 13.3. The van der Waals surface area contributed by atoms with Gasteiger partial charge in [0.15, 0.2) is 5.16 Å². The van der Waals surface area contributed by atoms with E-state index in [1.165, 1.54) is 11.8 Å². The van der Waals surface area contributed by atoms with E-state index in [0.717, 1.165) is 28.3 Å². The minimum Gasteiger partial charge on any atom is -0.465 e. The van der Waals surface area contributed by atoms with Gasteiger partial charge >= 0.3 is 5.97 Å². The molecule has 0 saturated carbocycles. The Morgan fingerprint density at radius 1 is 1.37 bits per heavy atom. The first kappa shape index (κ1) is 20.0. The maximum Gasteiger partial charge on any atom is 0.319 e. The quantitative estimate of drug-likeness (QED) is 0.412. The molecule has 144 valence electrons. The molecule has 0 amide bonds. The van der Waals surface area contributed by atoms with E-state index >= 15 is 0 Å². The average molecular weight is 405 g/mol. The van der Waals surface area contributed by atoms with Crippen molar-refractivity contribution in [1.82, 2.24) is 9.55 Å². The Balaban J connectivity index is 2.10. The van der Waals surface area contributed by atoms with Gasteiger partial charge in [-0.3, -0.25) is 14.2 Å². The monoisotopic (exact) mass is 404 g/mol. The van der Waals surface area contributed by atoms with Gasteiger partial charge in [0, 0.05) is 11.7 Å². The second-order valence-corrected chi connectivity index (χ2v) is 9.16. The van der Waals surface area contributed by atoms with Crippen molar-refractivity contribution >= 4 is 29.5 Å². The Kier molecular flexibility index (Phi) is 6.32. The summed E-state index contributed by atoms with van der Waals surface area (Å²) in [4.78, 5) is 31.0. The number of aromatic nitrogens is 2. The average Bonchev–Trinajstić information content (AvgIpc) is 3.02. The third-order valence-electron chi connectivity index (χ3n) is 4.34. The van der Waals surface area contributed by atoms with Crippen LogP contribution in [-0.4, -0.2) is 32.6 Å². The molecule has 2 unspecified atom stereocenters. The van der Waals surface area contributed by atoms with Crippen LogP contribution in [0.5, 0.6) is 0 Å². The molecule has 0 saturated heterocycles. The largest absolute Gasteiger partial charge is 0.465 e. The number of carbonyl (C=O) groups is 1. The number of fused-ring (bicyclic) bond motifs is 1. The van der Waals surface area contributed by atoms with Crippen molar-refractivity contribution in [3.63, 3.8) is 0 Å². The van der Waals surface area contributed by atoms with Gasteiger partial charge in [-0.15, -0.1) is 11.8 Å². The van der Waals surface area contributed by atoms with Crippen molar-refractivity contribution in [2.24, 2.45) is 0 Å². The summed E-state index contributed by atoms with van der Waals surface area (Å²) in [5.41, 5.74) is 2.67. The first-order valence-electron chi connectivity index (χ1n) is 9.17. The number of nitrogens with zero attached hydrogens (tertiary/aromatic N) is 2. The van der Waals surface area contributed by atoms with Crippen LogP contribution < -0.4 is 5.56 Å². The fourth-order valence-electron chi connectivity index (χ4n) is 2.96. The van der Waals surface area contributed by atoms with Gasteiger partial charge in [0.2, 0.25) is 0 Å². The number of carbonyl (C=O) groups excluding carboxylic acids is 1. The number of rotatable bonds is 6. The van der Waals surface area contributed by atoms with Crippen LogP contribution in [0.1, 0.15) is 38.4 Å². The summed E-state index contributed by atoms with van der Waals surface area (Å²) in [6, 6.07) is 7.79. The second-order valence-electron chi connectivity index (χ2n) is 6.55. The molecule has 0 N–H and O–H groups in total. The van der Waals surface area contributed by atoms with Crippen molar-refractivity contribution < 1.29 is 9.53 Å². The smallest absolute Gasteiger partial charge is 0.319 e. The number of esters is 1. The summed E-state index contributed by atoms with van der Waals surface area (Å²) in [6.45, 7) is 8.18. The zero-order valence-electron chi connectivity index (χ0n) is 16.0. The Labute approximate surface area is 167 Å². The highest BCUT2D eigenvalue weighted by Gasteiger charge is 2.29. The normalized spacial score (nSPS) is 16.8. The minimum atomic E-state index is -0.391. The molecule has 2 heterocycles. The molecular formula is C20H24N2O3S2. The molecule has 0 spiro atoms. The first-order chi connectivity index (χ1) is 12.9. The number of benzene rings is 1. The van der Waals surface area contributed by atoms with Gasteiger partial charge < -0.3 is 4.74 Å². The van der Waals surface area contributed by atoms with Crippen LogP contribution in [0.2, 0.25) is 0 Å². The van der Waals surface area contributed by atoms with Crippen molar-refractivity contribution in [3.05, 3.63) is 45.9 Å². The van der Waals surface area contributed by atoms with Gasteiger partial charge in [-0.05, 0) is 32.4 Å². The first-order valence-corrected chi connectivity index (χ1v) is 10.9. The molecule has 7 heteroatoms. The summed E-state index contributed by atoms with van der Waals surface area (Å²) in [7, 11) is 0. The summed E-state index contributed by atoms with van der Waals surface area (Å²) in [5, 5.41) is 0.495. The zero-order chi connectivity index (χ0) is 19.6. The minimum absolute atomic E-state index is 0.0561. The van der Waals surface area contributed by atoms with E-state index in [1.54, 1.807) is 23.3 Å². The number of hydrogen-bond acceptors (Lipinski definition) is 6. The summed E-state index contributed by atoms with van der Waals surface area (Å²) >= 11 is 2.89. The topological polar surface area (TPSA) is 61.2 Å². The number of ether oxygens (including phenoxy) is 1. The lowest BCUT2D eigenvalue weighted by Crippen LogP contribution is -2.26. The number of thioether (sulfide) groups is 2. The van der Waals surface area contributed by atoms with E-state index in [4.69, 9.17) is 9.72 Å².